The summed E-state index contributed by atoms with van der Waals surface area (Å²) in [6.45, 7) is 0. The van der Waals surface area contributed by atoms with Gasteiger partial charge in [0.2, 0.25) is 0 Å². The maximum absolute atomic E-state index is 8.74. The molecule has 35 heteroatoms. The van der Waals surface area contributed by atoms with E-state index < -0.39 is 100 Å². The third-order valence-electron chi connectivity index (χ3n) is 0. The van der Waals surface area contributed by atoms with Crippen LogP contribution in [-0.4, -0.2) is 19.6 Å². The second-order valence-electron chi connectivity index (χ2n) is 2.61. The minimum atomic E-state index is -6.02. The van der Waals surface area contributed by atoms with E-state index in [1.54, 1.807) is 0 Å². The van der Waals surface area contributed by atoms with E-state index in [-0.39, 0.29) is 42.1 Å². The standard InChI is InChI=1S/5Mo.2H3O3P.20O.2W/c;;;;;2*1-4(2)3;;;;;;;;;;;;;;;;;;;;;;/h;;;;;2*4H,(H2,1,2,3);;;;;;;;;;;;;;;;;;;;;;/q;;;;;;;;;;;;;;;;;10*-1;;. The summed E-state index contributed by atoms with van der Waals surface area (Å²) in [5.41, 5.74) is 0. The van der Waals surface area contributed by atoms with Gasteiger partial charge in [-0.2, -0.15) is 0 Å². The van der Waals surface area contributed by atoms with Gasteiger partial charge in [0.15, 0.2) is 0 Å². The Labute approximate surface area is 239 Å². The van der Waals surface area contributed by atoms with Gasteiger partial charge in [-0.15, -0.1) is 0 Å². The molecule has 0 amide bonds. The zero-order chi connectivity index (χ0) is 29.7. The Bertz CT molecular complexity index is 791. The van der Waals surface area contributed by atoms with E-state index in [9.17, 15) is 0 Å². The molecule has 0 heterocycles. The first-order valence-electron chi connectivity index (χ1n) is 4.64. The molecule has 0 fully saturated rings. The van der Waals surface area contributed by atoms with Crippen molar-refractivity contribution in [3.8, 4) is 0 Å². The van der Waals surface area contributed by atoms with Crippen LogP contribution in [0.3, 0.4) is 0 Å². The third kappa shape index (κ3) is 5990. The summed E-state index contributed by atoms with van der Waals surface area (Å²) in [5.74, 6) is 0. The van der Waals surface area contributed by atoms with Crippen LogP contribution < -0.4 is 37.6 Å². The van der Waals surface area contributed by atoms with Crippen LogP contribution >= 0.6 is 16.5 Å². The topological polar surface area (TPSA) is 516 Å². The van der Waals surface area contributed by atoms with E-state index in [0.717, 1.165) is 0 Å². The summed E-state index contributed by atoms with van der Waals surface area (Å²) in [6, 6.07) is 0. The van der Waals surface area contributed by atoms with Crippen molar-refractivity contribution in [2.24, 2.45) is 0 Å². The monoisotopic (exact) mass is 1340 g/mol. The molecule has 0 unspecified atom stereocenters. The SMILES string of the molecule is O=[PH](O)O.O=[PH](O)O.[O]=[Mo](=[O])([O-])[O-].[O]=[Mo](=[O])([O-])[O-].[O]=[Mo](=[O])([O-])[O-].[O]=[Mo](=[O])([O-])[O-].[O]=[Mo](=[O])([O-])[O-].[W].[W]. The summed E-state index contributed by atoms with van der Waals surface area (Å²) in [7, 11) is -6.26. The molecule has 0 rings (SSSR count). The smallest absolute Gasteiger partial charge is 0 e. The first kappa shape index (κ1) is 61.7. The van der Waals surface area contributed by atoms with E-state index in [1.165, 1.54) is 0 Å². The summed E-state index contributed by atoms with van der Waals surface area (Å²) in [6.07, 6.45) is 0. The van der Waals surface area contributed by atoms with Crippen LogP contribution in [0.2, 0.25) is 0 Å². The van der Waals surface area contributed by atoms with Gasteiger partial charge in [0.25, 0.3) is 0 Å². The predicted molar refractivity (Wildman–Crippen MR) is 33.7 cm³/mol. The van der Waals surface area contributed by atoms with Crippen LogP contribution in [0.15, 0.2) is 0 Å². The third-order valence-corrected chi connectivity index (χ3v) is 0. The molecule has 0 bridgehead atoms. The Balaban J connectivity index is -0.0000000320. The maximum atomic E-state index is 8.74. The van der Waals surface area contributed by atoms with Crippen molar-refractivity contribution in [1.82, 2.24) is 0 Å². The molecule has 0 aliphatic carbocycles. The zero-order valence-corrected chi connectivity index (χ0v) is 32.5. The van der Waals surface area contributed by atoms with Gasteiger partial charge < -0.3 is 19.6 Å². The molecular weight excluding hydrogens is 1330 g/mol. The molecule has 0 spiro atoms. The summed E-state index contributed by atoms with van der Waals surface area (Å²) in [5, 5.41) is 0. The van der Waals surface area contributed by atoms with E-state index in [0.29, 0.717) is 0 Å². The average molecular weight is 1330 g/mol. The van der Waals surface area contributed by atoms with Gasteiger partial charge in [-0.3, -0.25) is 9.13 Å². The number of hydrogen-bond donors (Lipinski definition) is 4. The average Bonchev–Trinajstić information content (AvgIpc) is 2.10. The van der Waals surface area contributed by atoms with E-state index in [2.05, 4.69) is 0 Å². The van der Waals surface area contributed by atoms with Crippen LogP contribution in [-0.2, 0) is 169 Å². The molecule has 0 radical (unpaired) electrons. The molecular formula is H6Mo5O26P2W2-10. The van der Waals surface area contributed by atoms with Crippen molar-refractivity contribution in [1.29, 1.82) is 0 Å². The van der Waals surface area contributed by atoms with Crippen molar-refractivity contribution in [3.63, 3.8) is 0 Å². The second-order valence-corrected chi connectivity index (χ2v) is 13.8. The summed E-state index contributed by atoms with van der Waals surface area (Å²) < 4.78 is 190. The molecule has 0 aromatic rings. The molecule has 0 aromatic carbocycles. The fourth-order valence-electron chi connectivity index (χ4n) is 0. The van der Waals surface area contributed by atoms with Gasteiger partial charge >= 0.3 is 172 Å². The molecule has 0 aromatic heterocycles. The molecule has 26 nitrogen and oxygen atoms in total. The fourth-order valence-corrected chi connectivity index (χ4v) is 0. The molecule has 0 saturated carbocycles. The van der Waals surface area contributed by atoms with Crippen LogP contribution in [0.1, 0.15) is 0 Å². The Hall–Kier alpha value is 2.72. The number of rotatable bonds is 0. The van der Waals surface area contributed by atoms with E-state index in [4.69, 9.17) is 100 Å². The minimum absolute atomic E-state index is 0. The maximum Gasteiger partial charge on any atom is 0 e. The Morgan fingerprint density at radius 3 is 0.343 bits per heavy atom. The number of hydrogen-bond acceptors (Lipinski definition) is 22. The first-order valence-corrected chi connectivity index (χ1v) is 23.6. The second kappa shape index (κ2) is 31.2. The van der Waals surface area contributed by atoms with Gasteiger partial charge in [-0.1, -0.05) is 0 Å². The summed E-state index contributed by atoms with van der Waals surface area (Å²) >= 11 is -30.1. The van der Waals surface area contributed by atoms with Gasteiger partial charge in [-0.25, -0.2) is 0 Å². The van der Waals surface area contributed by atoms with Crippen molar-refractivity contribution in [2.75, 3.05) is 0 Å². The van der Waals surface area contributed by atoms with Gasteiger partial charge in [0.1, 0.15) is 0 Å². The molecule has 35 heavy (non-hydrogen) atoms. The van der Waals surface area contributed by atoms with Crippen molar-refractivity contribution in [2.45, 2.75) is 0 Å². The molecule has 0 atom stereocenters. The molecule has 0 aliphatic rings. The van der Waals surface area contributed by atoms with Gasteiger partial charge in [0, 0.05) is 42.1 Å². The Morgan fingerprint density at radius 2 is 0.343 bits per heavy atom. The van der Waals surface area contributed by atoms with Crippen LogP contribution in [0.4, 0.5) is 0 Å². The van der Waals surface area contributed by atoms with Crippen LogP contribution in [0.25, 0.3) is 0 Å². The fraction of sp³-hybridized carbons (Fsp3) is 0. The first-order chi connectivity index (χ1) is 13.5. The largest absolute Gasteiger partial charge is 0 e. The predicted octanol–water partition coefficient (Wildman–Crippen LogP) is -14.4. The zero-order valence-electron chi connectivity index (χ0n) is 14.6. The minimum Gasteiger partial charge on any atom is 0 e. The van der Waals surface area contributed by atoms with E-state index in [1.807, 2.05) is 0 Å². The van der Waals surface area contributed by atoms with Crippen molar-refractivity contribution in [3.05, 3.63) is 0 Å². The van der Waals surface area contributed by atoms with Crippen molar-refractivity contribution >= 4 is 16.5 Å². The molecule has 0 aliphatic heterocycles. The molecule has 224 valence electrons. The quantitative estimate of drug-likeness (QED) is 0.129. The van der Waals surface area contributed by atoms with Crippen molar-refractivity contribution < 1.29 is 226 Å². The van der Waals surface area contributed by atoms with Crippen LogP contribution in [0, 0.1) is 0 Å². The summed E-state index contributed by atoms with van der Waals surface area (Å²) in [4.78, 5) is 28.6. The van der Waals surface area contributed by atoms with E-state index >= 15 is 0 Å². The van der Waals surface area contributed by atoms with Gasteiger partial charge in [-0.05, 0) is 0 Å². The molecule has 0 saturated heterocycles. The van der Waals surface area contributed by atoms with Crippen LogP contribution in [0.5, 0.6) is 0 Å². The Kier molecular flexibility index (Phi) is 55.1. The normalized spacial score (nSPS) is 10.3. The molecule has 4 N–H and O–H groups in total. The van der Waals surface area contributed by atoms with Gasteiger partial charge in [0.05, 0.1) is 0 Å². The Morgan fingerprint density at radius 1 is 0.343 bits per heavy atom.